The molecular weight excluding hydrogens is 485 g/mol. The molecule has 0 aliphatic carbocycles. The lowest BCUT2D eigenvalue weighted by atomic mass is 10.1. The largest absolute Gasteiger partial charge is 0.389 e. The van der Waals surface area contributed by atoms with Crippen LogP contribution in [0.4, 0.5) is 13.2 Å². The van der Waals surface area contributed by atoms with E-state index in [-0.39, 0.29) is 43.2 Å². The van der Waals surface area contributed by atoms with E-state index in [1.165, 1.54) is 6.07 Å². The zero-order valence-electron chi connectivity index (χ0n) is 17.8. The minimum Gasteiger partial charge on any atom is -0.353 e. The summed E-state index contributed by atoms with van der Waals surface area (Å²) in [6, 6.07) is 7.58. The van der Waals surface area contributed by atoms with Crippen LogP contribution in [0, 0.1) is 0 Å². The van der Waals surface area contributed by atoms with E-state index in [0.29, 0.717) is 10.6 Å². The van der Waals surface area contributed by atoms with Gasteiger partial charge in [0, 0.05) is 42.6 Å². The maximum absolute atomic E-state index is 12.7. The first kappa shape index (κ1) is 26.8. The van der Waals surface area contributed by atoms with Crippen molar-refractivity contribution in [1.82, 2.24) is 19.6 Å². The minimum absolute atomic E-state index is 0.0205. The van der Waals surface area contributed by atoms with Crippen LogP contribution in [0.5, 0.6) is 0 Å². The van der Waals surface area contributed by atoms with Crippen molar-refractivity contribution in [3.05, 3.63) is 51.5 Å². The third-order valence-electron chi connectivity index (χ3n) is 4.45. The molecule has 0 radical (unpaired) electrons. The Bertz CT molecular complexity index is 1120. The molecule has 2 N–H and O–H groups in total. The highest BCUT2D eigenvalue weighted by Gasteiger charge is 2.26. The molecule has 13 heteroatoms. The number of hydrogen-bond donors (Lipinski definition) is 2. The number of amides is 1. The quantitative estimate of drug-likeness (QED) is 0.484. The summed E-state index contributed by atoms with van der Waals surface area (Å²) in [4.78, 5) is 29.3. The van der Waals surface area contributed by atoms with Gasteiger partial charge in [0.25, 0.3) is 5.56 Å². The van der Waals surface area contributed by atoms with E-state index in [2.05, 4.69) is 15.0 Å². The third-order valence-corrected chi connectivity index (χ3v) is 6.17. The van der Waals surface area contributed by atoms with Gasteiger partial charge in [-0.15, -0.1) is 0 Å². The Kier molecular flexibility index (Phi) is 9.44. The number of aryl methyl sites for hydroxylation is 1. The maximum atomic E-state index is 12.7. The summed E-state index contributed by atoms with van der Waals surface area (Å²) in [5.74, 6) is -0.998. The molecule has 0 spiro atoms. The first-order chi connectivity index (χ1) is 15.4. The molecule has 0 aliphatic rings. The zero-order valence-corrected chi connectivity index (χ0v) is 19.4. The molecule has 2 aromatic rings. The summed E-state index contributed by atoms with van der Waals surface area (Å²) < 4.78 is 64.4. The molecule has 1 aromatic carbocycles. The van der Waals surface area contributed by atoms with Gasteiger partial charge in [0.15, 0.2) is 0 Å². The smallest absolute Gasteiger partial charge is 0.353 e. The number of nitrogens with one attached hydrogen (secondary N) is 2. The fraction of sp³-hybridized carbons (Fsp3) is 0.450. The van der Waals surface area contributed by atoms with Crippen molar-refractivity contribution in [3.8, 4) is 11.3 Å². The second kappa shape index (κ2) is 11.6. The lowest BCUT2D eigenvalue weighted by molar-refractivity contribution is -0.135. The monoisotopic (exact) mass is 508 g/mol. The van der Waals surface area contributed by atoms with E-state index >= 15 is 0 Å². The number of sulfonamides is 1. The Hall–Kier alpha value is -2.44. The second-order valence-corrected chi connectivity index (χ2v) is 9.49. The van der Waals surface area contributed by atoms with Gasteiger partial charge in [-0.05, 0) is 18.6 Å². The summed E-state index contributed by atoms with van der Waals surface area (Å²) >= 11 is 5.86. The van der Waals surface area contributed by atoms with Crippen LogP contribution in [0.2, 0.25) is 5.02 Å². The number of carbonyl (C=O) groups is 1. The van der Waals surface area contributed by atoms with Crippen LogP contribution in [-0.4, -0.2) is 48.9 Å². The van der Waals surface area contributed by atoms with Gasteiger partial charge < -0.3 is 5.32 Å². The number of carbonyl (C=O) groups excluding carboxylic acids is 1. The standard InChI is InChI=1S/C20H24ClF3N4O4S/c1-2-26-33(31,32)11-10-25-18(29)13-28-17(4-3-9-20(22,23)24)27-16(12-19(28)30)14-5-7-15(21)8-6-14/h5-8,12,26H,2-4,9-11,13H2,1H3,(H,25,29). The van der Waals surface area contributed by atoms with E-state index in [9.17, 15) is 31.2 Å². The van der Waals surface area contributed by atoms with Crippen molar-refractivity contribution in [3.63, 3.8) is 0 Å². The van der Waals surface area contributed by atoms with Crippen LogP contribution < -0.4 is 15.6 Å². The molecule has 0 unspecified atom stereocenters. The molecule has 8 nitrogen and oxygen atoms in total. The van der Waals surface area contributed by atoms with Crippen molar-refractivity contribution < 1.29 is 26.4 Å². The van der Waals surface area contributed by atoms with Crippen molar-refractivity contribution >= 4 is 27.5 Å². The Morgan fingerprint density at radius 3 is 2.48 bits per heavy atom. The zero-order chi connectivity index (χ0) is 24.6. The molecule has 33 heavy (non-hydrogen) atoms. The maximum Gasteiger partial charge on any atom is 0.389 e. The molecule has 182 valence electrons. The Morgan fingerprint density at radius 1 is 1.21 bits per heavy atom. The average molecular weight is 509 g/mol. The first-order valence-corrected chi connectivity index (χ1v) is 12.1. The summed E-state index contributed by atoms with van der Waals surface area (Å²) in [6.07, 6.45) is -5.93. The van der Waals surface area contributed by atoms with E-state index < -0.39 is 40.6 Å². The predicted molar refractivity (Wildman–Crippen MR) is 118 cm³/mol. The first-order valence-electron chi connectivity index (χ1n) is 10.1. The van der Waals surface area contributed by atoms with Crippen LogP contribution in [0.1, 0.15) is 25.6 Å². The number of benzene rings is 1. The molecule has 0 fully saturated rings. The van der Waals surface area contributed by atoms with Crippen molar-refractivity contribution in [1.29, 1.82) is 0 Å². The normalized spacial score (nSPS) is 12.0. The summed E-state index contributed by atoms with van der Waals surface area (Å²) in [7, 11) is -3.54. The molecule has 2 rings (SSSR count). The van der Waals surface area contributed by atoms with Crippen LogP contribution >= 0.6 is 11.6 Å². The highest BCUT2D eigenvalue weighted by atomic mass is 35.5. The van der Waals surface area contributed by atoms with Crippen LogP contribution in [0.25, 0.3) is 11.3 Å². The summed E-state index contributed by atoms with van der Waals surface area (Å²) in [5, 5.41) is 2.86. The van der Waals surface area contributed by atoms with E-state index in [4.69, 9.17) is 11.6 Å². The van der Waals surface area contributed by atoms with Gasteiger partial charge in [0.1, 0.15) is 12.4 Å². The highest BCUT2D eigenvalue weighted by Crippen LogP contribution is 2.23. The molecule has 1 amide bonds. The van der Waals surface area contributed by atoms with Gasteiger partial charge in [0.2, 0.25) is 15.9 Å². The third kappa shape index (κ3) is 9.14. The Morgan fingerprint density at radius 2 is 1.88 bits per heavy atom. The van der Waals surface area contributed by atoms with E-state index in [0.717, 1.165) is 4.57 Å². The molecule has 0 bridgehead atoms. The van der Waals surface area contributed by atoms with Crippen LogP contribution in [0.15, 0.2) is 35.1 Å². The predicted octanol–water partition coefficient (Wildman–Crippen LogP) is 2.50. The van der Waals surface area contributed by atoms with E-state index in [1.807, 2.05) is 0 Å². The van der Waals surface area contributed by atoms with Gasteiger partial charge in [-0.1, -0.05) is 30.7 Å². The van der Waals surface area contributed by atoms with Gasteiger partial charge in [0.05, 0.1) is 11.4 Å². The Labute approximate surface area is 194 Å². The van der Waals surface area contributed by atoms with Crippen LogP contribution in [0.3, 0.4) is 0 Å². The van der Waals surface area contributed by atoms with Crippen LogP contribution in [-0.2, 0) is 27.8 Å². The fourth-order valence-corrected chi connectivity index (χ4v) is 4.03. The average Bonchev–Trinajstić information content (AvgIpc) is 2.69. The Balaban J connectivity index is 2.22. The summed E-state index contributed by atoms with van der Waals surface area (Å²) in [6.45, 7) is 1.13. The summed E-state index contributed by atoms with van der Waals surface area (Å²) in [5.41, 5.74) is 0.165. The van der Waals surface area contributed by atoms with Crippen molar-refractivity contribution in [2.24, 2.45) is 0 Å². The van der Waals surface area contributed by atoms with Gasteiger partial charge in [-0.2, -0.15) is 13.2 Å². The molecule has 1 heterocycles. The number of halogens is 4. The topological polar surface area (TPSA) is 110 Å². The number of rotatable bonds is 11. The SMILES string of the molecule is CCNS(=O)(=O)CCNC(=O)Cn1c(CCCC(F)(F)F)nc(-c2ccc(Cl)cc2)cc1=O. The van der Waals surface area contributed by atoms with Gasteiger partial charge in [-0.25, -0.2) is 18.1 Å². The second-order valence-electron chi connectivity index (χ2n) is 7.12. The number of alkyl halides is 3. The molecule has 0 saturated heterocycles. The fourth-order valence-electron chi connectivity index (χ4n) is 2.95. The molecule has 0 atom stereocenters. The molecule has 0 aliphatic heterocycles. The van der Waals surface area contributed by atoms with Gasteiger partial charge in [-0.3, -0.25) is 14.2 Å². The van der Waals surface area contributed by atoms with Crippen molar-refractivity contribution in [2.45, 2.75) is 38.9 Å². The van der Waals surface area contributed by atoms with E-state index in [1.54, 1.807) is 31.2 Å². The minimum atomic E-state index is -4.37. The lowest BCUT2D eigenvalue weighted by Crippen LogP contribution is -2.38. The number of aromatic nitrogens is 2. The van der Waals surface area contributed by atoms with Crippen molar-refractivity contribution in [2.75, 3.05) is 18.8 Å². The molecule has 1 aromatic heterocycles. The van der Waals surface area contributed by atoms with Gasteiger partial charge >= 0.3 is 6.18 Å². The number of hydrogen-bond acceptors (Lipinski definition) is 5. The lowest BCUT2D eigenvalue weighted by Gasteiger charge is -2.14. The molecule has 0 saturated carbocycles. The number of nitrogens with zero attached hydrogens (tertiary/aromatic N) is 2. The molecular formula is C20H24ClF3N4O4S. The highest BCUT2D eigenvalue weighted by molar-refractivity contribution is 7.89.